The van der Waals surface area contributed by atoms with E-state index in [9.17, 15) is 9.59 Å². The van der Waals surface area contributed by atoms with Crippen molar-refractivity contribution >= 4 is 35.0 Å². The molecule has 0 saturated heterocycles. The molecule has 0 fully saturated rings. The van der Waals surface area contributed by atoms with Crippen molar-refractivity contribution in [1.29, 1.82) is 0 Å². The molecule has 5 heteroatoms. The van der Waals surface area contributed by atoms with Crippen LogP contribution in [0, 0.1) is 6.92 Å². The maximum atomic E-state index is 12.8. The van der Waals surface area contributed by atoms with Crippen LogP contribution in [0.2, 0.25) is 0 Å². The Labute approximate surface area is 139 Å². The lowest BCUT2D eigenvalue weighted by molar-refractivity contribution is -0.128. The van der Waals surface area contributed by atoms with Crippen molar-refractivity contribution < 1.29 is 9.59 Å². The standard InChI is InChI=1S/C18H18N2O2S/c1-12-7-6-8-13(11-12)19-16(21)18(2)17(22)20(3)14-9-4-5-10-15(14)23-18/h4-11H,1-3H3,(H,19,21). The largest absolute Gasteiger partial charge is 0.324 e. The van der Waals surface area contributed by atoms with Crippen molar-refractivity contribution in [2.24, 2.45) is 0 Å². The van der Waals surface area contributed by atoms with E-state index in [2.05, 4.69) is 5.32 Å². The van der Waals surface area contributed by atoms with Gasteiger partial charge in [0, 0.05) is 17.6 Å². The number of para-hydroxylation sites is 1. The normalized spacial score (nSPS) is 20.1. The number of thioether (sulfide) groups is 1. The maximum Gasteiger partial charge on any atom is 0.252 e. The number of fused-ring (bicyclic) bond motifs is 1. The van der Waals surface area contributed by atoms with Crippen LogP contribution in [-0.4, -0.2) is 23.6 Å². The molecule has 0 aromatic heterocycles. The van der Waals surface area contributed by atoms with Gasteiger partial charge in [0.05, 0.1) is 5.69 Å². The van der Waals surface area contributed by atoms with Crippen LogP contribution in [0.15, 0.2) is 53.4 Å². The first kappa shape index (κ1) is 15.6. The molecule has 118 valence electrons. The van der Waals surface area contributed by atoms with E-state index in [4.69, 9.17) is 0 Å². The average Bonchev–Trinajstić information content (AvgIpc) is 2.53. The molecule has 2 aromatic rings. The van der Waals surface area contributed by atoms with E-state index < -0.39 is 4.75 Å². The lowest BCUT2D eigenvalue weighted by Gasteiger charge is -2.36. The van der Waals surface area contributed by atoms with Gasteiger partial charge >= 0.3 is 0 Å². The molecule has 23 heavy (non-hydrogen) atoms. The predicted molar refractivity (Wildman–Crippen MR) is 93.9 cm³/mol. The molecule has 2 amide bonds. The SMILES string of the molecule is Cc1cccc(NC(=O)C2(C)Sc3ccccc3N(C)C2=O)c1. The molecule has 2 aromatic carbocycles. The first-order valence-electron chi connectivity index (χ1n) is 7.36. The van der Waals surface area contributed by atoms with E-state index in [1.165, 1.54) is 11.8 Å². The molecule has 0 saturated carbocycles. The minimum Gasteiger partial charge on any atom is -0.324 e. The van der Waals surface area contributed by atoms with Crippen LogP contribution in [0.1, 0.15) is 12.5 Å². The smallest absolute Gasteiger partial charge is 0.252 e. The highest BCUT2D eigenvalue weighted by atomic mass is 32.2. The van der Waals surface area contributed by atoms with E-state index in [1.807, 2.05) is 55.5 Å². The van der Waals surface area contributed by atoms with Gasteiger partial charge in [-0.25, -0.2) is 0 Å². The fraction of sp³-hybridized carbons (Fsp3) is 0.222. The van der Waals surface area contributed by atoms with Gasteiger partial charge in [0.1, 0.15) is 0 Å². The third-order valence-electron chi connectivity index (χ3n) is 3.96. The van der Waals surface area contributed by atoms with Gasteiger partial charge in [0.2, 0.25) is 5.91 Å². The monoisotopic (exact) mass is 326 g/mol. The summed E-state index contributed by atoms with van der Waals surface area (Å²) in [6, 6.07) is 15.2. The minimum atomic E-state index is -1.19. The second kappa shape index (κ2) is 5.74. The molecule has 3 rings (SSSR count). The first-order valence-corrected chi connectivity index (χ1v) is 8.18. The number of aryl methyl sites for hydroxylation is 1. The number of nitrogens with one attached hydrogen (secondary N) is 1. The van der Waals surface area contributed by atoms with Crippen molar-refractivity contribution in [2.75, 3.05) is 17.3 Å². The number of anilines is 2. The molecular formula is C18H18N2O2S. The highest BCUT2D eigenvalue weighted by Gasteiger charge is 2.48. The van der Waals surface area contributed by atoms with Crippen molar-refractivity contribution in [3.05, 3.63) is 54.1 Å². The van der Waals surface area contributed by atoms with Gasteiger partial charge in [-0.15, -0.1) is 0 Å². The third kappa shape index (κ3) is 2.72. The molecule has 1 aliphatic rings. The molecule has 1 heterocycles. The Bertz CT molecular complexity index is 790. The van der Waals surface area contributed by atoms with Crippen LogP contribution in [0.4, 0.5) is 11.4 Å². The zero-order valence-corrected chi connectivity index (χ0v) is 14.1. The quantitative estimate of drug-likeness (QED) is 0.860. The highest BCUT2D eigenvalue weighted by molar-refractivity contribution is 8.02. The van der Waals surface area contributed by atoms with Crippen molar-refractivity contribution in [3.63, 3.8) is 0 Å². The van der Waals surface area contributed by atoms with Crippen molar-refractivity contribution in [2.45, 2.75) is 23.5 Å². The number of hydrogen-bond acceptors (Lipinski definition) is 3. The molecule has 1 unspecified atom stereocenters. The van der Waals surface area contributed by atoms with E-state index in [0.717, 1.165) is 16.1 Å². The molecule has 1 atom stereocenters. The van der Waals surface area contributed by atoms with Crippen LogP contribution in [-0.2, 0) is 9.59 Å². The van der Waals surface area contributed by atoms with E-state index in [-0.39, 0.29) is 11.8 Å². The number of rotatable bonds is 2. The minimum absolute atomic E-state index is 0.216. The van der Waals surface area contributed by atoms with Crippen LogP contribution < -0.4 is 10.2 Å². The average molecular weight is 326 g/mol. The van der Waals surface area contributed by atoms with Crippen LogP contribution in [0.25, 0.3) is 0 Å². The summed E-state index contributed by atoms with van der Waals surface area (Å²) in [6.07, 6.45) is 0. The number of carbonyl (C=O) groups is 2. The van der Waals surface area contributed by atoms with Gasteiger partial charge in [0.25, 0.3) is 5.91 Å². The molecule has 1 N–H and O–H groups in total. The summed E-state index contributed by atoms with van der Waals surface area (Å²) in [6.45, 7) is 3.64. The third-order valence-corrected chi connectivity index (χ3v) is 5.30. The molecule has 1 aliphatic heterocycles. The summed E-state index contributed by atoms with van der Waals surface area (Å²) < 4.78 is -1.19. The number of benzene rings is 2. The molecular weight excluding hydrogens is 308 g/mol. The molecule has 0 bridgehead atoms. The topological polar surface area (TPSA) is 49.4 Å². The Balaban J connectivity index is 1.92. The maximum absolute atomic E-state index is 12.8. The number of hydrogen-bond donors (Lipinski definition) is 1. The Morgan fingerprint density at radius 1 is 1.17 bits per heavy atom. The van der Waals surface area contributed by atoms with Gasteiger partial charge < -0.3 is 10.2 Å². The van der Waals surface area contributed by atoms with Crippen molar-refractivity contribution in [1.82, 2.24) is 0 Å². The fourth-order valence-electron chi connectivity index (χ4n) is 2.63. The highest BCUT2D eigenvalue weighted by Crippen LogP contribution is 2.45. The van der Waals surface area contributed by atoms with E-state index >= 15 is 0 Å². The van der Waals surface area contributed by atoms with Crippen LogP contribution in [0.5, 0.6) is 0 Å². The zero-order chi connectivity index (χ0) is 16.6. The van der Waals surface area contributed by atoms with Gasteiger partial charge in [-0.2, -0.15) is 0 Å². The summed E-state index contributed by atoms with van der Waals surface area (Å²) in [5.74, 6) is -0.522. The lowest BCUT2D eigenvalue weighted by Crippen LogP contribution is -2.53. The Morgan fingerprint density at radius 3 is 2.65 bits per heavy atom. The fourth-order valence-corrected chi connectivity index (χ4v) is 3.89. The van der Waals surface area contributed by atoms with Gasteiger partial charge in [-0.3, -0.25) is 9.59 Å². The van der Waals surface area contributed by atoms with Gasteiger partial charge in [-0.1, -0.05) is 36.0 Å². The molecule has 0 radical (unpaired) electrons. The molecule has 4 nitrogen and oxygen atoms in total. The van der Waals surface area contributed by atoms with Gasteiger partial charge in [-0.05, 0) is 43.7 Å². The lowest BCUT2D eigenvalue weighted by atomic mass is 10.1. The predicted octanol–water partition coefficient (Wildman–Crippen LogP) is 3.46. The Kier molecular flexibility index (Phi) is 3.90. The number of carbonyl (C=O) groups excluding carboxylic acids is 2. The summed E-state index contributed by atoms with van der Waals surface area (Å²) in [5, 5.41) is 2.87. The summed E-state index contributed by atoms with van der Waals surface area (Å²) in [7, 11) is 1.71. The number of amides is 2. The summed E-state index contributed by atoms with van der Waals surface area (Å²) >= 11 is 1.30. The van der Waals surface area contributed by atoms with E-state index in [1.54, 1.807) is 18.9 Å². The molecule has 0 aliphatic carbocycles. The van der Waals surface area contributed by atoms with Gasteiger partial charge in [0.15, 0.2) is 4.75 Å². The second-order valence-electron chi connectivity index (χ2n) is 5.79. The Morgan fingerprint density at radius 2 is 1.91 bits per heavy atom. The Hall–Kier alpha value is -2.27. The van der Waals surface area contributed by atoms with E-state index in [0.29, 0.717) is 5.69 Å². The zero-order valence-electron chi connectivity index (χ0n) is 13.3. The van der Waals surface area contributed by atoms with Crippen LogP contribution >= 0.6 is 11.8 Å². The van der Waals surface area contributed by atoms with Crippen molar-refractivity contribution in [3.8, 4) is 0 Å². The van der Waals surface area contributed by atoms with Crippen LogP contribution in [0.3, 0.4) is 0 Å². The molecule has 0 spiro atoms. The second-order valence-corrected chi connectivity index (χ2v) is 7.25. The first-order chi connectivity index (χ1) is 10.9. The summed E-state index contributed by atoms with van der Waals surface area (Å²) in [4.78, 5) is 28.0. The summed E-state index contributed by atoms with van der Waals surface area (Å²) in [5.41, 5.74) is 2.59. The number of nitrogens with zero attached hydrogens (tertiary/aromatic N) is 1.